The van der Waals surface area contributed by atoms with E-state index in [4.69, 9.17) is 4.84 Å². The van der Waals surface area contributed by atoms with Crippen molar-refractivity contribution in [2.45, 2.75) is 19.1 Å². The van der Waals surface area contributed by atoms with Gasteiger partial charge in [-0.3, -0.25) is 19.6 Å². The Morgan fingerprint density at radius 1 is 1.03 bits per heavy atom. The van der Waals surface area contributed by atoms with Crippen LogP contribution in [0.5, 0.6) is 0 Å². The average molecular weight is 401 g/mol. The maximum Gasteiger partial charge on any atom is 0.268 e. The lowest BCUT2D eigenvalue weighted by Gasteiger charge is -2.10. The molecule has 1 aliphatic heterocycles. The summed E-state index contributed by atoms with van der Waals surface area (Å²) in [6.45, 7) is 0.344. The van der Waals surface area contributed by atoms with E-state index in [2.05, 4.69) is 25.8 Å². The minimum atomic E-state index is -0.707. The molecular formula is C22H19N5O3. The summed E-state index contributed by atoms with van der Waals surface area (Å²) >= 11 is 0. The number of aromatic nitrogens is 2. The fraction of sp³-hybridized carbons (Fsp3) is 0.136. The second kappa shape index (κ2) is 8.95. The molecule has 3 heterocycles. The summed E-state index contributed by atoms with van der Waals surface area (Å²) in [4.78, 5) is 38.2. The van der Waals surface area contributed by atoms with Gasteiger partial charge in [0.25, 0.3) is 11.8 Å². The van der Waals surface area contributed by atoms with E-state index in [1.54, 1.807) is 48.9 Å². The summed E-state index contributed by atoms with van der Waals surface area (Å²) in [5.74, 6) is -0.517. The van der Waals surface area contributed by atoms with Gasteiger partial charge >= 0.3 is 0 Å². The predicted molar refractivity (Wildman–Crippen MR) is 111 cm³/mol. The number of hydrogen-bond acceptors (Lipinski definition) is 6. The van der Waals surface area contributed by atoms with Crippen molar-refractivity contribution in [2.24, 2.45) is 5.16 Å². The second-order valence-electron chi connectivity index (χ2n) is 6.65. The Morgan fingerprint density at radius 2 is 1.90 bits per heavy atom. The highest BCUT2D eigenvalue weighted by Crippen LogP contribution is 2.18. The largest absolute Gasteiger partial charge is 0.382 e. The van der Waals surface area contributed by atoms with Gasteiger partial charge in [-0.05, 0) is 48.5 Å². The zero-order chi connectivity index (χ0) is 20.8. The van der Waals surface area contributed by atoms with E-state index >= 15 is 0 Å². The number of hydrogen-bond donors (Lipinski definition) is 2. The van der Waals surface area contributed by atoms with E-state index in [1.807, 2.05) is 24.3 Å². The molecule has 0 fully saturated rings. The zero-order valence-corrected chi connectivity index (χ0v) is 16.0. The van der Waals surface area contributed by atoms with E-state index in [9.17, 15) is 9.59 Å². The number of carbonyl (C=O) groups excluding carboxylic acids is 2. The van der Waals surface area contributed by atoms with Crippen LogP contribution in [0.2, 0.25) is 0 Å². The number of nitrogens with one attached hydrogen (secondary N) is 2. The van der Waals surface area contributed by atoms with Crippen molar-refractivity contribution in [3.05, 3.63) is 90.0 Å². The van der Waals surface area contributed by atoms with Gasteiger partial charge in [-0.1, -0.05) is 11.2 Å². The van der Waals surface area contributed by atoms with Crippen molar-refractivity contribution >= 4 is 23.2 Å². The van der Waals surface area contributed by atoms with Gasteiger partial charge in [0.1, 0.15) is 0 Å². The van der Waals surface area contributed by atoms with Crippen LogP contribution < -0.4 is 10.6 Å². The first kappa shape index (κ1) is 19.3. The normalized spacial score (nSPS) is 15.1. The van der Waals surface area contributed by atoms with Crippen LogP contribution in [-0.4, -0.2) is 33.6 Å². The van der Waals surface area contributed by atoms with E-state index in [-0.39, 0.29) is 11.8 Å². The summed E-state index contributed by atoms with van der Waals surface area (Å²) in [5.41, 5.74) is 3.35. The highest BCUT2D eigenvalue weighted by Gasteiger charge is 2.29. The van der Waals surface area contributed by atoms with Crippen molar-refractivity contribution in [1.82, 2.24) is 15.3 Å². The molecule has 30 heavy (non-hydrogen) atoms. The topological polar surface area (TPSA) is 106 Å². The molecule has 1 atom stereocenters. The zero-order valence-electron chi connectivity index (χ0n) is 16.0. The van der Waals surface area contributed by atoms with Crippen molar-refractivity contribution < 1.29 is 14.4 Å². The second-order valence-corrected chi connectivity index (χ2v) is 6.65. The highest BCUT2D eigenvalue weighted by atomic mass is 16.6. The number of carbonyl (C=O) groups is 2. The van der Waals surface area contributed by atoms with Crippen LogP contribution in [0.1, 0.15) is 28.0 Å². The number of pyridine rings is 2. The van der Waals surface area contributed by atoms with Gasteiger partial charge in [0.05, 0.1) is 18.0 Å². The lowest BCUT2D eigenvalue weighted by molar-refractivity contribution is -0.125. The van der Waals surface area contributed by atoms with E-state index in [0.717, 1.165) is 11.3 Å². The number of rotatable bonds is 6. The van der Waals surface area contributed by atoms with Crippen LogP contribution in [0.3, 0.4) is 0 Å². The molecule has 3 aromatic rings. The van der Waals surface area contributed by atoms with Gasteiger partial charge < -0.3 is 15.5 Å². The Hall–Kier alpha value is -4.07. The third-order valence-electron chi connectivity index (χ3n) is 4.53. The molecule has 8 nitrogen and oxygen atoms in total. The minimum absolute atomic E-state index is 0.216. The molecule has 0 bridgehead atoms. The van der Waals surface area contributed by atoms with Crippen LogP contribution in [0.15, 0.2) is 78.3 Å². The molecule has 0 saturated carbocycles. The van der Waals surface area contributed by atoms with Crippen molar-refractivity contribution in [3.63, 3.8) is 0 Å². The Morgan fingerprint density at radius 3 is 2.63 bits per heavy atom. The number of benzene rings is 1. The van der Waals surface area contributed by atoms with Crippen LogP contribution in [0, 0.1) is 0 Å². The Labute approximate surface area is 173 Å². The first-order chi connectivity index (χ1) is 14.7. The molecule has 1 unspecified atom stereocenters. The monoisotopic (exact) mass is 401 g/mol. The molecule has 0 radical (unpaired) electrons. The van der Waals surface area contributed by atoms with E-state index in [0.29, 0.717) is 29.9 Å². The van der Waals surface area contributed by atoms with E-state index in [1.165, 1.54) is 0 Å². The highest BCUT2D eigenvalue weighted by molar-refractivity contribution is 6.06. The summed E-state index contributed by atoms with van der Waals surface area (Å²) in [6, 6.07) is 15.8. The van der Waals surface area contributed by atoms with Gasteiger partial charge in [0.2, 0.25) is 6.10 Å². The Bertz CT molecular complexity index is 1050. The molecule has 0 saturated heterocycles. The molecule has 8 heteroatoms. The number of anilines is 1. The van der Waals surface area contributed by atoms with Gasteiger partial charge in [0, 0.05) is 41.8 Å². The van der Waals surface area contributed by atoms with Crippen LogP contribution in [-0.2, 0) is 16.2 Å². The lowest BCUT2D eigenvalue weighted by atomic mass is 10.1. The summed E-state index contributed by atoms with van der Waals surface area (Å²) in [7, 11) is 0. The Balaban J connectivity index is 1.29. The van der Waals surface area contributed by atoms with Crippen LogP contribution >= 0.6 is 0 Å². The van der Waals surface area contributed by atoms with Crippen molar-refractivity contribution in [1.29, 1.82) is 0 Å². The van der Waals surface area contributed by atoms with Crippen molar-refractivity contribution in [2.75, 3.05) is 5.32 Å². The number of amides is 2. The quantitative estimate of drug-likeness (QED) is 0.660. The smallest absolute Gasteiger partial charge is 0.268 e. The standard InChI is InChI=1S/C22H19N5O3/c28-21(25-14-18-5-1-2-11-24-18)15-6-8-17(9-7-15)26-22(29)20-12-19(27-30-20)16-4-3-10-23-13-16/h1-11,13,20H,12,14H2,(H,25,28)(H,26,29). The molecule has 0 spiro atoms. The lowest BCUT2D eigenvalue weighted by Crippen LogP contribution is -2.28. The summed E-state index contributed by atoms with van der Waals surface area (Å²) in [5, 5.41) is 9.59. The number of oxime groups is 1. The first-order valence-electron chi connectivity index (χ1n) is 9.41. The van der Waals surface area contributed by atoms with Gasteiger partial charge in [-0.2, -0.15) is 0 Å². The molecular weight excluding hydrogens is 382 g/mol. The maximum atomic E-state index is 12.5. The summed E-state index contributed by atoms with van der Waals surface area (Å²) in [6.07, 6.45) is 4.69. The Kier molecular flexibility index (Phi) is 5.75. The molecule has 2 N–H and O–H groups in total. The molecule has 0 aliphatic carbocycles. The molecule has 1 aromatic carbocycles. The third-order valence-corrected chi connectivity index (χ3v) is 4.53. The van der Waals surface area contributed by atoms with Crippen molar-refractivity contribution in [3.8, 4) is 0 Å². The SMILES string of the molecule is O=C(NCc1ccccn1)c1ccc(NC(=O)C2CC(c3cccnc3)=NO2)cc1. The minimum Gasteiger partial charge on any atom is -0.382 e. The van der Waals surface area contributed by atoms with Gasteiger partial charge in [-0.15, -0.1) is 0 Å². The fourth-order valence-corrected chi connectivity index (χ4v) is 2.93. The molecule has 150 valence electrons. The maximum absolute atomic E-state index is 12.5. The molecule has 2 aromatic heterocycles. The van der Waals surface area contributed by atoms with Gasteiger partial charge in [0.15, 0.2) is 0 Å². The molecule has 1 aliphatic rings. The predicted octanol–water partition coefficient (Wildman–Crippen LogP) is 2.54. The summed E-state index contributed by atoms with van der Waals surface area (Å²) < 4.78 is 0. The average Bonchev–Trinajstić information content (AvgIpc) is 3.30. The molecule has 2 amide bonds. The van der Waals surface area contributed by atoms with Crippen LogP contribution in [0.25, 0.3) is 0 Å². The third kappa shape index (κ3) is 4.67. The molecule has 4 rings (SSSR count). The van der Waals surface area contributed by atoms with Gasteiger partial charge in [-0.25, -0.2) is 0 Å². The van der Waals surface area contributed by atoms with E-state index < -0.39 is 6.10 Å². The first-order valence-corrected chi connectivity index (χ1v) is 9.41. The van der Waals surface area contributed by atoms with Crippen LogP contribution in [0.4, 0.5) is 5.69 Å². The number of nitrogens with zero attached hydrogens (tertiary/aromatic N) is 3. The fourth-order valence-electron chi connectivity index (χ4n) is 2.93.